The lowest BCUT2D eigenvalue weighted by Crippen LogP contribution is -2.58. The number of nitrogens with one attached hydrogen (secondary N) is 1. The summed E-state index contributed by atoms with van der Waals surface area (Å²) in [6.07, 6.45) is 15.0. The zero-order valence-corrected chi connectivity index (χ0v) is 28.1. The second kappa shape index (κ2) is 12.8. The monoisotopic (exact) mass is 660 g/mol. The highest BCUT2D eigenvalue weighted by Gasteiger charge is 2.46. The van der Waals surface area contributed by atoms with Crippen LogP contribution in [0, 0.1) is 35.9 Å². The second-order valence-corrected chi connectivity index (χ2v) is 13.9. The SMILES string of the molecule is C#CC[C@@H]1CN2c3nc(OCC4(CN5CCOC[C@H]5C)CC4)nc4c(CC)c(-c5cccc6ccc(F)c(C#C)c56)nc(c34)OC[C@@H]2CN1. The molecule has 5 heterocycles. The summed E-state index contributed by atoms with van der Waals surface area (Å²) in [6.45, 7) is 10.00. The van der Waals surface area contributed by atoms with Crippen LogP contribution >= 0.6 is 0 Å². The van der Waals surface area contributed by atoms with Gasteiger partial charge >= 0.3 is 6.01 Å². The van der Waals surface area contributed by atoms with Gasteiger partial charge in [0, 0.05) is 66.6 Å². The summed E-state index contributed by atoms with van der Waals surface area (Å²) in [4.78, 5) is 20.2. The second-order valence-electron chi connectivity index (χ2n) is 13.9. The van der Waals surface area contributed by atoms with Crippen LogP contribution in [-0.2, 0) is 11.2 Å². The van der Waals surface area contributed by atoms with E-state index in [1.165, 1.54) is 6.07 Å². The van der Waals surface area contributed by atoms with Crippen molar-refractivity contribution >= 4 is 27.5 Å². The molecule has 0 unspecified atom stereocenters. The van der Waals surface area contributed by atoms with E-state index in [2.05, 4.69) is 40.8 Å². The Labute approximate surface area is 286 Å². The lowest BCUT2D eigenvalue weighted by atomic mass is 9.93. The molecule has 252 valence electrons. The Balaban J connectivity index is 1.27. The van der Waals surface area contributed by atoms with Gasteiger partial charge in [-0.05, 0) is 37.6 Å². The highest BCUT2D eigenvalue weighted by molar-refractivity contribution is 6.05. The fourth-order valence-electron chi connectivity index (χ4n) is 7.70. The molecular formula is C39H41FN6O3. The van der Waals surface area contributed by atoms with Crippen LogP contribution in [0.15, 0.2) is 30.3 Å². The van der Waals surface area contributed by atoms with Crippen molar-refractivity contribution in [3.8, 4) is 47.8 Å². The molecule has 9 nitrogen and oxygen atoms in total. The topological polar surface area (TPSA) is 84.9 Å². The number of aromatic nitrogens is 3. The normalized spacial score (nSPS) is 22.9. The van der Waals surface area contributed by atoms with Gasteiger partial charge in [-0.3, -0.25) is 4.90 Å². The molecule has 0 spiro atoms. The molecule has 3 atom stereocenters. The number of anilines is 1. The summed E-state index contributed by atoms with van der Waals surface area (Å²) in [5.74, 6) is 6.15. The third-order valence-corrected chi connectivity index (χ3v) is 10.7. The summed E-state index contributed by atoms with van der Waals surface area (Å²) in [5, 5.41) is 5.82. The molecule has 0 radical (unpaired) electrons. The van der Waals surface area contributed by atoms with Gasteiger partial charge in [0.2, 0.25) is 5.88 Å². The summed E-state index contributed by atoms with van der Waals surface area (Å²) in [5.41, 5.74) is 3.29. The molecule has 3 fully saturated rings. The van der Waals surface area contributed by atoms with Crippen molar-refractivity contribution < 1.29 is 18.6 Å². The first-order chi connectivity index (χ1) is 23.9. The Bertz CT molecular complexity index is 2020. The molecule has 0 bridgehead atoms. The van der Waals surface area contributed by atoms with Gasteiger partial charge in [0.05, 0.1) is 42.6 Å². The number of morpholine rings is 1. The molecule has 8 rings (SSSR count). The number of hydrogen-bond donors (Lipinski definition) is 1. The summed E-state index contributed by atoms with van der Waals surface area (Å²) >= 11 is 0. The van der Waals surface area contributed by atoms with Gasteiger partial charge in [-0.1, -0.05) is 37.1 Å². The molecule has 1 aliphatic carbocycles. The highest BCUT2D eigenvalue weighted by Crippen LogP contribution is 2.48. The molecule has 2 saturated heterocycles. The fraction of sp³-hybridized carbons (Fsp3) is 0.462. The number of aryl methyl sites for hydroxylation is 1. The van der Waals surface area contributed by atoms with Crippen LogP contribution in [0.4, 0.5) is 10.2 Å². The molecule has 4 aliphatic rings. The lowest BCUT2D eigenvalue weighted by Gasteiger charge is -2.39. The third-order valence-electron chi connectivity index (χ3n) is 10.7. The van der Waals surface area contributed by atoms with Gasteiger partial charge in [-0.2, -0.15) is 9.97 Å². The van der Waals surface area contributed by atoms with Crippen LogP contribution in [0.5, 0.6) is 11.9 Å². The molecule has 1 saturated carbocycles. The molecule has 1 N–H and O–H groups in total. The molecule has 2 aromatic heterocycles. The quantitative estimate of drug-likeness (QED) is 0.264. The van der Waals surface area contributed by atoms with E-state index in [4.69, 9.17) is 42.0 Å². The first kappa shape index (κ1) is 31.8. The number of terminal acetylenes is 2. The van der Waals surface area contributed by atoms with Crippen molar-refractivity contribution in [2.75, 3.05) is 57.5 Å². The molecule has 0 amide bonds. The van der Waals surface area contributed by atoms with Crippen LogP contribution in [0.1, 0.15) is 44.2 Å². The number of pyridine rings is 1. The molecule has 4 aromatic rings. The van der Waals surface area contributed by atoms with Crippen LogP contribution in [-0.4, -0.2) is 90.6 Å². The van der Waals surface area contributed by atoms with E-state index in [9.17, 15) is 0 Å². The zero-order chi connectivity index (χ0) is 33.7. The fourth-order valence-corrected chi connectivity index (χ4v) is 7.70. The standard InChI is InChI=1S/C39H41FN6O3/c1-5-9-26-19-46-27(18-41-26)21-48-37-33-35(29(7-3)34(42-37)30-11-8-10-25-12-13-31(40)28(6-2)32(25)30)43-38(44-36(33)46)49-23-39(14-15-39)22-45-16-17-47-20-24(45)4/h1-2,8,10-13,24,26-27,41H,7,9,14-23H2,3-4H3/t24-,26-,27+/m1/s1. The van der Waals surface area contributed by atoms with Gasteiger partial charge in [0.1, 0.15) is 23.6 Å². The maximum absolute atomic E-state index is 15.1. The van der Waals surface area contributed by atoms with Crippen molar-refractivity contribution in [3.63, 3.8) is 0 Å². The van der Waals surface area contributed by atoms with E-state index < -0.39 is 5.82 Å². The van der Waals surface area contributed by atoms with Crippen molar-refractivity contribution in [1.82, 2.24) is 25.2 Å². The average Bonchev–Trinajstić information content (AvgIpc) is 3.91. The van der Waals surface area contributed by atoms with Crippen molar-refractivity contribution in [2.45, 2.75) is 57.7 Å². The number of nitrogens with zero attached hydrogens (tertiary/aromatic N) is 5. The predicted octanol–water partition coefficient (Wildman–Crippen LogP) is 4.97. The number of ether oxygens (including phenoxy) is 3. The molecule has 10 heteroatoms. The van der Waals surface area contributed by atoms with Gasteiger partial charge in [-0.15, -0.1) is 18.8 Å². The first-order valence-corrected chi connectivity index (χ1v) is 17.4. The highest BCUT2D eigenvalue weighted by atomic mass is 19.1. The average molecular weight is 661 g/mol. The van der Waals surface area contributed by atoms with Gasteiger partial charge < -0.3 is 24.4 Å². The minimum atomic E-state index is -0.442. The molecule has 3 aliphatic heterocycles. The third kappa shape index (κ3) is 5.72. The van der Waals surface area contributed by atoms with E-state index in [1.807, 2.05) is 18.2 Å². The Morgan fingerprint density at radius 1 is 1.12 bits per heavy atom. The minimum Gasteiger partial charge on any atom is -0.475 e. The van der Waals surface area contributed by atoms with Crippen LogP contribution < -0.4 is 19.7 Å². The van der Waals surface area contributed by atoms with E-state index in [0.717, 1.165) is 72.4 Å². The van der Waals surface area contributed by atoms with Crippen molar-refractivity contribution in [2.24, 2.45) is 5.41 Å². The minimum absolute atomic E-state index is 0.0000209. The number of hydrogen-bond acceptors (Lipinski definition) is 9. The molecular weight excluding hydrogens is 619 g/mol. The molecule has 2 aromatic carbocycles. The Morgan fingerprint density at radius 3 is 2.78 bits per heavy atom. The smallest absolute Gasteiger partial charge is 0.318 e. The number of piperazine rings is 1. The van der Waals surface area contributed by atoms with Crippen LogP contribution in [0.3, 0.4) is 0 Å². The van der Waals surface area contributed by atoms with E-state index in [-0.39, 0.29) is 23.1 Å². The van der Waals surface area contributed by atoms with E-state index in [0.29, 0.717) is 68.2 Å². The Kier molecular flexibility index (Phi) is 8.27. The summed E-state index contributed by atoms with van der Waals surface area (Å²) < 4.78 is 33.9. The largest absolute Gasteiger partial charge is 0.475 e. The summed E-state index contributed by atoms with van der Waals surface area (Å²) in [6, 6.07) is 9.82. The zero-order valence-electron chi connectivity index (χ0n) is 28.1. The van der Waals surface area contributed by atoms with E-state index in [1.54, 1.807) is 6.07 Å². The summed E-state index contributed by atoms with van der Waals surface area (Å²) in [7, 11) is 0. The van der Waals surface area contributed by atoms with Gasteiger partial charge in [0.15, 0.2) is 0 Å². The van der Waals surface area contributed by atoms with Crippen LogP contribution in [0.2, 0.25) is 0 Å². The maximum atomic E-state index is 15.1. The van der Waals surface area contributed by atoms with Gasteiger partial charge in [0.25, 0.3) is 0 Å². The predicted molar refractivity (Wildman–Crippen MR) is 188 cm³/mol. The van der Waals surface area contributed by atoms with E-state index >= 15 is 4.39 Å². The number of halogens is 1. The lowest BCUT2D eigenvalue weighted by molar-refractivity contribution is -0.0134. The Morgan fingerprint density at radius 2 is 2.00 bits per heavy atom. The maximum Gasteiger partial charge on any atom is 0.318 e. The van der Waals surface area contributed by atoms with Crippen molar-refractivity contribution in [3.05, 3.63) is 47.3 Å². The van der Waals surface area contributed by atoms with Gasteiger partial charge in [-0.25, -0.2) is 9.37 Å². The van der Waals surface area contributed by atoms with Crippen LogP contribution in [0.25, 0.3) is 32.9 Å². The first-order valence-electron chi connectivity index (χ1n) is 17.4. The number of benzene rings is 2. The van der Waals surface area contributed by atoms with Crippen molar-refractivity contribution in [1.29, 1.82) is 0 Å². The number of rotatable bonds is 8. The number of fused-ring (bicyclic) bond motifs is 3. The Hall–Kier alpha value is -4.48. The molecule has 49 heavy (non-hydrogen) atoms.